The number of benzene rings is 1. The van der Waals surface area contributed by atoms with Gasteiger partial charge in [-0.2, -0.15) is 0 Å². The van der Waals surface area contributed by atoms with E-state index in [9.17, 15) is 14.7 Å². The van der Waals surface area contributed by atoms with Crippen molar-refractivity contribution in [3.63, 3.8) is 0 Å². The number of anilines is 1. The molecule has 1 atom stereocenters. The molecule has 0 bridgehead atoms. The molecule has 1 aromatic rings. The van der Waals surface area contributed by atoms with Crippen molar-refractivity contribution in [1.29, 1.82) is 0 Å². The maximum atomic E-state index is 11.7. The third-order valence-electron chi connectivity index (χ3n) is 3.08. The first kappa shape index (κ1) is 15.1. The number of rotatable bonds is 2. The van der Waals surface area contributed by atoms with Gasteiger partial charge in [0, 0.05) is 6.08 Å². The van der Waals surface area contributed by atoms with Crippen LogP contribution in [0, 0.1) is 0 Å². The van der Waals surface area contributed by atoms with Gasteiger partial charge in [-0.25, -0.2) is 9.59 Å². The van der Waals surface area contributed by atoms with Gasteiger partial charge in [0.1, 0.15) is 5.60 Å². The number of carboxylic acid groups (broad SMARTS) is 1. The molecule has 21 heavy (non-hydrogen) atoms. The molecule has 2 rings (SSSR count). The molecular formula is C16H19NO4. The number of ether oxygens (including phenoxy) is 1. The van der Waals surface area contributed by atoms with Crippen LogP contribution < -0.4 is 4.90 Å². The molecular weight excluding hydrogens is 270 g/mol. The summed E-state index contributed by atoms with van der Waals surface area (Å²) in [7, 11) is 0. The molecule has 1 heterocycles. The molecule has 0 aliphatic carbocycles. The molecule has 5 nitrogen and oxygen atoms in total. The Hall–Kier alpha value is -2.30. The summed E-state index contributed by atoms with van der Waals surface area (Å²) in [4.78, 5) is 24.4. The van der Waals surface area contributed by atoms with Crippen molar-refractivity contribution in [2.24, 2.45) is 0 Å². The van der Waals surface area contributed by atoms with Gasteiger partial charge in [0.25, 0.3) is 0 Å². The van der Waals surface area contributed by atoms with Crippen LogP contribution in [-0.4, -0.2) is 28.8 Å². The molecule has 0 aromatic heterocycles. The van der Waals surface area contributed by atoms with Gasteiger partial charge in [-0.05, 0) is 38.8 Å². The molecule has 1 aliphatic heterocycles. The van der Waals surface area contributed by atoms with Gasteiger partial charge in [-0.15, -0.1) is 0 Å². The normalized spacial score (nSPS) is 17.9. The van der Waals surface area contributed by atoms with E-state index < -0.39 is 17.7 Å². The highest BCUT2D eigenvalue weighted by Gasteiger charge is 2.32. The number of fused-ring (bicyclic) bond motifs is 1. The van der Waals surface area contributed by atoms with E-state index in [1.807, 2.05) is 12.1 Å². The zero-order valence-corrected chi connectivity index (χ0v) is 12.4. The van der Waals surface area contributed by atoms with E-state index in [0.717, 1.165) is 5.56 Å². The van der Waals surface area contributed by atoms with Crippen molar-refractivity contribution in [3.05, 3.63) is 42.0 Å². The van der Waals surface area contributed by atoms with E-state index in [-0.39, 0.29) is 6.04 Å². The second kappa shape index (κ2) is 5.60. The molecule has 1 unspecified atom stereocenters. The van der Waals surface area contributed by atoms with Gasteiger partial charge < -0.3 is 9.84 Å². The Balaban J connectivity index is 2.14. The first-order chi connectivity index (χ1) is 9.78. The Morgan fingerprint density at radius 3 is 2.62 bits per heavy atom. The average molecular weight is 289 g/mol. The van der Waals surface area contributed by atoms with E-state index in [4.69, 9.17) is 4.74 Å². The summed E-state index contributed by atoms with van der Waals surface area (Å²) in [6.45, 7) is 5.36. The highest BCUT2D eigenvalue weighted by Crippen LogP contribution is 2.32. The molecule has 0 spiro atoms. The van der Waals surface area contributed by atoms with Crippen molar-refractivity contribution in [2.45, 2.75) is 38.8 Å². The molecule has 1 aliphatic rings. The lowest BCUT2D eigenvalue weighted by Gasteiger charge is -2.20. The number of carbonyl (C=O) groups excluding carboxylic acids is 1. The largest absolute Gasteiger partial charge is 0.465 e. The van der Waals surface area contributed by atoms with Gasteiger partial charge in [0.15, 0.2) is 0 Å². The Kier molecular flexibility index (Phi) is 4.02. The molecule has 1 aromatic carbocycles. The van der Waals surface area contributed by atoms with Crippen LogP contribution in [0.3, 0.4) is 0 Å². The molecule has 0 fully saturated rings. The summed E-state index contributed by atoms with van der Waals surface area (Å²) in [5, 5.41) is 9.36. The van der Waals surface area contributed by atoms with Crippen LogP contribution in [0.2, 0.25) is 0 Å². The quantitative estimate of drug-likeness (QED) is 0.671. The third-order valence-corrected chi connectivity index (χ3v) is 3.08. The van der Waals surface area contributed by atoms with E-state index in [1.165, 1.54) is 11.0 Å². The summed E-state index contributed by atoms with van der Waals surface area (Å²) in [5.74, 6) is -0.469. The van der Waals surface area contributed by atoms with Gasteiger partial charge in [-0.3, -0.25) is 4.90 Å². The predicted molar refractivity (Wildman–Crippen MR) is 79.4 cm³/mol. The van der Waals surface area contributed by atoms with Crippen LogP contribution in [0.15, 0.2) is 36.4 Å². The van der Waals surface area contributed by atoms with E-state index in [2.05, 4.69) is 0 Å². The standard InChI is InChI=1S/C16H19NO4/c1-16(2,3)21-14(18)9-8-12-10-11-6-4-5-7-13(11)17(12)15(19)20/h4-9,12H,10H2,1-3H3,(H,19,20). The predicted octanol–water partition coefficient (Wildman–Crippen LogP) is 2.99. The van der Waals surface area contributed by atoms with Crippen molar-refractivity contribution >= 4 is 17.7 Å². The number of hydrogen-bond acceptors (Lipinski definition) is 3. The lowest BCUT2D eigenvalue weighted by atomic mass is 10.1. The second-order valence-electron chi connectivity index (χ2n) is 5.95. The van der Waals surface area contributed by atoms with Crippen molar-refractivity contribution in [2.75, 3.05) is 4.90 Å². The Morgan fingerprint density at radius 2 is 2.00 bits per heavy atom. The Morgan fingerprint density at radius 1 is 1.33 bits per heavy atom. The van der Waals surface area contributed by atoms with E-state index in [0.29, 0.717) is 12.1 Å². The monoisotopic (exact) mass is 289 g/mol. The van der Waals surface area contributed by atoms with Gasteiger partial charge in [-0.1, -0.05) is 24.3 Å². The third kappa shape index (κ3) is 3.62. The molecule has 5 heteroatoms. The summed E-state index contributed by atoms with van der Waals surface area (Å²) in [6.07, 6.45) is 2.42. The van der Waals surface area contributed by atoms with E-state index >= 15 is 0 Å². The second-order valence-corrected chi connectivity index (χ2v) is 5.95. The van der Waals surface area contributed by atoms with Gasteiger partial charge in [0.2, 0.25) is 0 Å². The summed E-state index contributed by atoms with van der Waals surface area (Å²) in [6, 6.07) is 6.96. The SMILES string of the molecule is CC(C)(C)OC(=O)C=CC1Cc2ccccc2N1C(=O)O. The number of carbonyl (C=O) groups is 2. The van der Waals surface area contributed by atoms with Crippen LogP contribution in [0.25, 0.3) is 0 Å². The Bertz CT molecular complexity index is 586. The summed E-state index contributed by atoms with van der Waals surface area (Å²) >= 11 is 0. The van der Waals surface area contributed by atoms with Crippen LogP contribution in [0.5, 0.6) is 0 Å². The molecule has 0 saturated carbocycles. The maximum absolute atomic E-state index is 11.7. The minimum atomic E-state index is -1.03. The maximum Gasteiger partial charge on any atom is 0.412 e. The minimum Gasteiger partial charge on any atom is -0.465 e. The zero-order chi connectivity index (χ0) is 15.6. The van der Waals surface area contributed by atoms with Crippen LogP contribution in [0.1, 0.15) is 26.3 Å². The number of nitrogens with zero attached hydrogens (tertiary/aromatic N) is 1. The fourth-order valence-corrected chi connectivity index (χ4v) is 2.34. The Labute approximate surface area is 123 Å². The lowest BCUT2D eigenvalue weighted by molar-refractivity contribution is -0.148. The van der Waals surface area contributed by atoms with Gasteiger partial charge in [0.05, 0.1) is 11.7 Å². The average Bonchev–Trinajstić information content (AvgIpc) is 2.72. The van der Waals surface area contributed by atoms with Crippen molar-refractivity contribution < 1.29 is 19.4 Å². The van der Waals surface area contributed by atoms with E-state index in [1.54, 1.807) is 39.0 Å². The number of amides is 1. The fraction of sp³-hybridized carbons (Fsp3) is 0.375. The molecule has 1 amide bonds. The molecule has 1 N–H and O–H groups in total. The smallest absolute Gasteiger partial charge is 0.412 e. The van der Waals surface area contributed by atoms with Crippen LogP contribution >= 0.6 is 0 Å². The van der Waals surface area contributed by atoms with Gasteiger partial charge >= 0.3 is 12.1 Å². The molecule has 0 saturated heterocycles. The highest BCUT2D eigenvalue weighted by molar-refractivity contribution is 5.91. The molecule has 112 valence electrons. The fourth-order valence-electron chi connectivity index (χ4n) is 2.34. The van der Waals surface area contributed by atoms with Crippen LogP contribution in [-0.2, 0) is 16.0 Å². The summed E-state index contributed by atoms with van der Waals surface area (Å²) < 4.78 is 5.18. The van der Waals surface area contributed by atoms with Crippen LogP contribution in [0.4, 0.5) is 10.5 Å². The number of esters is 1. The topological polar surface area (TPSA) is 66.8 Å². The van der Waals surface area contributed by atoms with Crippen molar-refractivity contribution in [1.82, 2.24) is 0 Å². The number of hydrogen-bond donors (Lipinski definition) is 1. The summed E-state index contributed by atoms with van der Waals surface area (Å²) in [5.41, 5.74) is 1.06. The zero-order valence-electron chi connectivity index (χ0n) is 12.4. The van der Waals surface area contributed by atoms with Crippen molar-refractivity contribution in [3.8, 4) is 0 Å². The first-order valence-electron chi connectivity index (χ1n) is 6.79. The first-order valence-corrected chi connectivity index (χ1v) is 6.79. The minimum absolute atomic E-state index is 0.382. The number of para-hydroxylation sites is 1. The lowest BCUT2D eigenvalue weighted by Crippen LogP contribution is -2.35. The molecule has 0 radical (unpaired) electrons. The highest BCUT2D eigenvalue weighted by atomic mass is 16.6.